The Hall–Kier alpha value is -1.05. The highest BCUT2D eigenvalue weighted by molar-refractivity contribution is 5.82. The zero-order valence-corrected chi connectivity index (χ0v) is 15.5. The fourth-order valence-corrected chi connectivity index (χ4v) is 2.66. The average molecular weight is 323 g/mol. The van der Waals surface area contributed by atoms with Crippen molar-refractivity contribution in [1.29, 1.82) is 0 Å². The van der Waals surface area contributed by atoms with E-state index in [2.05, 4.69) is 17.7 Å². The molecule has 0 aliphatic carbocycles. The highest BCUT2D eigenvalue weighted by Crippen LogP contribution is 2.12. The van der Waals surface area contributed by atoms with Gasteiger partial charge in [-0.3, -0.25) is 0 Å². The molecule has 134 valence electrons. The molecule has 2 heteroatoms. The number of ether oxygens (including phenoxy) is 1. The summed E-state index contributed by atoms with van der Waals surface area (Å²) in [4.78, 5) is 10.8. The summed E-state index contributed by atoms with van der Waals surface area (Å²) in [6, 6.07) is 0. The predicted octanol–water partition coefficient (Wildman–Crippen LogP) is 6.75. The van der Waals surface area contributed by atoms with E-state index in [1.807, 2.05) is 6.08 Å². The molecule has 0 heterocycles. The van der Waals surface area contributed by atoms with E-state index in [1.54, 1.807) is 6.08 Å². The Morgan fingerprint density at radius 2 is 1.22 bits per heavy atom. The van der Waals surface area contributed by atoms with Gasteiger partial charge in [-0.05, 0) is 12.8 Å². The normalized spacial score (nSPS) is 11.6. The first-order chi connectivity index (χ1) is 11.3. The number of carbonyl (C=O) groups is 1. The molecule has 0 aromatic rings. The molecule has 0 saturated carbocycles. The summed E-state index contributed by atoms with van der Waals surface area (Å²) in [6.45, 7) is 2.28. The van der Waals surface area contributed by atoms with Gasteiger partial charge in [-0.15, -0.1) is 0 Å². The van der Waals surface area contributed by atoms with E-state index in [0.29, 0.717) is 0 Å². The maximum atomic E-state index is 10.8. The Morgan fingerprint density at radius 3 is 1.70 bits per heavy atom. The average Bonchev–Trinajstić information content (AvgIpc) is 2.57. The van der Waals surface area contributed by atoms with Crippen molar-refractivity contribution in [1.82, 2.24) is 0 Å². The lowest BCUT2D eigenvalue weighted by Gasteiger charge is -2.02. The smallest absolute Gasteiger partial charge is 0.330 e. The summed E-state index contributed by atoms with van der Waals surface area (Å²) in [5, 5.41) is 0. The van der Waals surface area contributed by atoms with Gasteiger partial charge in [-0.1, -0.05) is 102 Å². The molecule has 0 unspecified atom stereocenters. The Labute approximate surface area is 144 Å². The topological polar surface area (TPSA) is 26.3 Å². The molecule has 0 N–H and O–H groups in total. The highest BCUT2D eigenvalue weighted by atomic mass is 16.5. The van der Waals surface area contributed by atoms with Crippen LogP contribution in [-0.4, -0.2) is 13.1 Å². The molecule has 0 aromatic carbocycles. The van der Waals surface area contributed by atoms with Gasteiger partial charge in [0.2, 0.25) is 0 Å². The van der Waals surface area contributed by atoms with Crippen LogP contribution in [0.15, 0.2) is 24.3 Å². The molecule has 0 aliphatic rings. The summed E-state index contributed by atoms with van der Waals surface area (Å²) in [5.74, 6) is -0.296. The van der Waals surface area contributed by atoms with Gasteiger partial charge in [0.1, 0.15) is 0 Å². The van der Waals surface area contributed by atoms with Crippen molar-refractivity contribution in [3.63, 3.8) is 0 Å². The van der Waals surface area contributed by atoms with E-state index in [-0.39, 0.29) is 5.97 Å². The molecular formula is C21H38O2. The zero-order valence-electron chi connectivity index (χ0n) is 15.5. The van der Waals surface area contributed by atoms with E-state index < -0.39 is 0 Å². The molecule has 2 nitrogen and oxygen atoms in total. The number of allylic oxidation sites excluding steroid dienone is 3. The van der Waals surface area contributed by atoms with Gasteiger partial charge in [0.05, 0.1) is 7.11 Å². The van der Waals surface area contributed by atoms with Crippen LogP contribution in [0.5, 0.6) is 0 Å². The molecule has 0 bridgehead atoms. The summed E-state index contributed by atoms with van der Waals surface area (Å²) in [5.41, 5.74) is 0. The van der Waals surface area contributed by atoms with Crippen LogP contribution in [0.25, 0.3) is 0 Å². The van der Waals surface area contributed by atoms with E-state index in [9.17, 15) is 4.79 Å². The summed E-state index contributed by atoms with van der Waals surface area (Å²) in [7, 11) is 1.39. The minimum absolute atomic E-state index is 0.296. The van der Waals surface area contributed by atoms with E-state index in [0.717, 1.165) is 6.42 Å². The van der Waals surface area contributed by atoms with Gasteiger partial charge in [-0.2, -0.15) is 0 Å². The van der Waals surface area contributed by atoms with Crippen LogP contribution < -0.4 is 0 Å². The SMILES string of the molecule is CCCCCCCCCCCCCCC/C=C/C=C/C(=O)OC. The molecule has 0 aliphatic heterocycles. The van der Waals surface area contributed by atoms with E-state index in [1.165, 1.54) is 96.7 Å². The van der Waals surface area contributed by atoms with Crippen molar-refractivity contribution in [3.8, 4) is 0 Å². The molecule has 23 heavy (non-hydrogen) atoms. The van der Waals surface area contributed by atoms with Gasteiger partial charge >= 0.3 is 5.97 Å². The van der Waals surface area contributed by atoms with Crippen LogP contribution in [-0.2, 0) is 9.53 Å². The Morgan fingerprint density at radius 1 is 0.739 bits per heavy atom. The number of rotatable bonds is 16. The first-order valence-electron chi connectivity index (χ1n) is 9.72. The molecule has 0 aromatic heterocycles. The first kappa shape index (κ1) is 21.9. The number of carbonyl (C=O) groups excluding carboxylic acids is 1. The van der Waals surface area contributed by atoms with Crippen molar-refractivity contribution in [2.45, 2.75) is 96.8 Å². The monoisotopic (exact) mass is 322 g/mol. The standard InChI is InChI=1S/C21H38O2/c1-3-4-5-6-7-8-9-10-11-12-13-14-15-16-17-18-19-20-21(22)23-2/h17-20H,3-16H2,1-2H3/b18-17+,20-19+. The molecule has 0 amide bonds. The van der Waals surface area contributed by atoms with Crippen LogP contribution in [0, 0.1) is 0 Å². The van der Waals surface area contributed by atoms with E-state index >= 15 is 0 Å². The minimum Gasteiger partial charge on any atom is -0.466 e. The van der Waals surface area contributed by atoms with Crippen molar-refractivity contribution < 1.29 is 9.53 Å². The van der Waals surface area contributed by atoms with Crippen LogP contribution in [0.2, 0.25) is 0 Å². The van der Waals surface area contributed by atoms with Crippen molar-refractivity contribution >= 4 is 5.97 Å². The third-order valence-corrected chi connectivity index (χ3v) is 4.16. The minimum atomic E-state index is -0.296. The predicted molar refractivity (Wildman–Crippen MR) is 101 cm³/mol. The maximum Gasteiger partial charge on any atom is 0.330 e. The Bertz CT molecular complexity index is 305. The second-order valence-electron chi connectivity index (χ2n) is 6.34. The summed E-state index contributed by atoms with van der Waals surface area (Å²) < 4.78 is 4.52. The second kappa shape index (κ2) is 19.0. The first-order valence-corrected chi connectivity index (χ1v) is 9.72. The lowest BCUT2D eigenvalue weighted by Crippen LogP contribution is -1.92. The van der Waals surface area contributed by atoms with Gasteiger partial charge in [0, 0.05) is 6.08 Å². The molecule has 0 atom stereocenters. The molecule has 0 saturated heterocycles. The van der Waals surface area contributed by atoms with Gasteiger partial charge in [0.15, 0.2) is 0 Å². The molecule has 0 rings (SSSR count). The molecular weight excluding hydrogens is 284 g/mol. The van der Waals surface area contributed by atoms with E-state index in [4.69, 9.17) is 0 Å². The third-order valence-electron chi connectivity index (χ3n) is 4.16. The number of hydrogen-bond donors (Lipinski definition) is 0. The van der Waals surface area contributed by atoms with Crippen LogP contribution in [0.1, 0.15) is 96.8 Å². The fraction of sp³-hybridized carbons (Fsp3) is 0.762. The third kappa shape index (κ3) is 18.9. The van der Waals surface area contributed by atoms with Gasteiger partial charge in [-0.25, -0.2) is 4.79 Å². The summed E-state index contributed by atoms with van der Waals surface area (Å²) >= 11 is 0. The Balaban J connectivity index is 3.14. The largest absolute Gasteiger partial charge is 0.466 e. The number of unbranched alkanes of at least 4 members (excludes halogenated alkanes) is 13. The zero-order chi connectivity index (χ0) is 17.0. The van der Waals surface area contributed by atoms with Gasteiger partial charge in [0.25, 0.3) is 0 Å². The number of hydrogen-bond acceptors (Lipinski definition) is 2. The molecule has 0 radical (unpaired) electrons. The second-order valence-corrected chi connectivity index (χ2v) is 6.34. The lowest BCUT2D eigenvalue weighted by atomic mass is 10.0. The fourth-order valence-electron chi connectivity index (χ4n) is 2.66. The highest BCUT2D eigenvalue weighted by Gasteiger charge is 1.93. The number of methoxy groups -OCH3 is 1. The Kier molecular flexibility index (Phi) is 18.1. The van der Waals surface area contributed by atoms with Crippen molar-refractivity contribution in [3.05, 3.63) is 24.3 Å². The lowest BCUT2D eigenvalue weighted by molar-refractivity contribution is -0.134. The van der Waals surface area contributed by atoms with Crippen LogP contribution in [0.3, 0.4) is 0 Å². The van der Waals surface area contributed by atoms with Crippen LogP contribution in [0.4, 0.5) is 0 Å². The van der Waals surface area contributed by atoms with Gasteiger partial charge < -0.3 is 4.74 Å². The maximum absolute atomic E-state index is 10.8. The molecule has 0 spiro atoms. The quantitative estimate of drug-likeness (QED) is 0.136. The molecule has 0 fully saturated rings. The van der Waals surface area contributed by atoms with Crippen LogP contribution >= 0.6 is 0 Å². The summed E-state index contributed by atoms with van der Waals surface area (Å²) in [6.07, 6.45) is 26.4. The number of esters is 1. The van der Waals surface area contributed by atoms with Crippen molar-refractivity contribution in [2.75, 3.05) is 7.11 Å². The van der Waals surface area contributed by atoms with Crippen molar-refractivity contribution in [2.24, 2.45) is 0 Å².